The van der Waals surface area contributed by atoms with Gasteiger partial charge in [0, 0.05) is 24.1 Å². The van der Waals surface area contributed by atoms with E-state index in [1.807, 2.05) is 22.9 Å². The average molecular weight is 321 g/mol. The fourth-order valence-corrected chi connectivity index (χ4v) is 2.71. The van der Waals surface area contributed by atoms with Gasteiger partial charge in [0.15, 0.2) is 0 Å². The average Bonchev–Trinajstić information content (AvgIpc) is 3.17. The Bertz CT molecular complexity index is 734. The molecule has 2 aromatic carbocycles. The number of nitrogens with zero attached hydrogens (tertiary/aromatic N) is 2. The highest BCUT2D eigenvalue weighted by Gasteiger charge is 2.05. The summed E-state index contributed by atoms with van der Waals surface area (Å²) >= 11 is 0. The molecule has 0 amide bonds. The van der Waals surface area contributed by atoms with E-state index in [0.717, 1.165) is 24.2 Å². The Morgan fingerprint density at radius 3 is 2.38 bits per heavy atom. The van der Waals surface area contributed by atoms with Crippen LogP contribution < -0.4 is 5.32 Å². The maximum Gasteiger partial charge on any atom is 0.0991 e. The maximum atomic E-state index is 9.07. The Hall–Kier alpha value is -2.43. The van der Waals surface area contributed by atoms with E-state index in [1.165, 1.54) is 11.1 Å². The Labute approximate surface area is 142 Å². The van der Waals surface area contributed by atoms with Crippen molar-refractivity contribution in [3.63, 3.8) is 0 Å². The molecular formula is C20H23N3O. The van der Waals surface area contributed by atoms with Crippen molar-refractivity contribution in [1.82, 2.24) is 14.9 Å². The number of imidazole rings is 1. The summed E-state index contributed by atoms with van der Waals surface area (Å²) in [5.41, 5.74) is 4.63. The Kier molecular flexibility index (Phi) is 5.41. The van der Waals surface area contributed by atoms with Gasteiger partial charge in [0.2, 0.25) is 0 Å². The van der Waals surface area contributed by atoms with Crippen LogP contribution in [-0.4, -0.2) is 21.2 Å². The van der Waals surface area contributed by atoms with Gasteiger partial charge in [-0.2, -0.15) is 0 Å². The van der Waals surface area contributed by atoms with E-state index in [0.29, 0.717) is 6.04 Å². The van der Waals surface area contributed by atoms with E-state index < -0.39 is 0 Å². The summed E-state index contributed by atoms with van der Waals surface area (Å²) in [5, 5.41) is 12.6. The number of nitrogens with one attached hydrogen (secondary N) is 1. The van der Waals surface area contributed by atoms with Gasteiger partial charge in [-0.05, 0) is 48.7 Å². The Morgan fingerprint density at radius 1 is 1.04 bits per heavy atom. The van der Waals surface area contributed by atoms with Crippen molar-refractivity contribution in [1.29, 1.82) is 0 Å². The molecular weight excluding hydrogens is 298 g/mol. The Balaban J connectivity index is 1.52. The molecule has 0 spiro atoms. The molecule has 0 fully saturated rings. The quantitative estimate of drug-likeness (QED) is 0.702. The lowest BCUT2D eigenvalue weighted by Gasteiger charge is -2.15. The monoisotopic (exact) mass is 321 g/mol. The summed E-state index contributed by atoms with van der Waals surface area (Å²) in [6.07, 6.45) is 6.51. The van der Waals surface area contributed by atoms with Gasteiger partial charge < -0.3 is 15.0 Å². The molecule has 1 heterocycles. The largest absolute Gasteiger partial charge is 0.392 e. The van der Waals surface area contributed by atoms with E-state index >= 15 is 0 Å². The minimum absolute atomic E-state index is 0.102. The molecule has 0 saturated carbocycles. The van der Waals surface area contributed by atoms with Gasteiger partial charge in [-0.15, -0.1) is 0 Å². The second-order valence-electron chi connectivity index (χ2n) is 5.96. The van der Waals surface area contributed by atoms with Gasteiger partial charge in [0.25, 0.3) is 0 Å². The van der Waals surface area contributed by atoms with Crippen molar-refractivity contribution in [2.75, 3.05) is 6.54 Å². The third kappa shape index (κ3) is 4.10. The van der Waals surface area contributed by atoms with E-state index in [2.05, 4.69) is 53.6 Å². The van der Waals surface area contributed by atoms with Crippen LogP contribution in [0.25, 0.3) is 5.69 Å². The summed E-state index contributed by atoms with van der Waals surface area (Å²) in [6, 6.07) is 17.0. The normalized spacial score (nSPS) is 12.2. The van der Waals surface area contributed by atoms with Gasteiger partial charge in [-0.25, -0.2) is 4.98 Å². The SMILES string of the molecule is CC(NCCc1ccc(CO)cc1)c1ccc(-n2ccnc2)cc1. The molecule has 24 heavy (non-hydrogen) atoms. The van der Waals surface area contributed by atoms with Gasteiger partial charge in [-0.1, -0.05) is 36.4 Å². The lowest BCUT2D eigenvalue weighted by Crippen LogP contribution is -2.21. The topological polar surface area (TPSA) is 50.1 Å². The number of aliphatic hydroxyl groups is 1. The van der Waals surface area contributed by atoms with E-state index in [1.54, 1.807) is 12.5 Å². The second kappa shape index (κ2) is 7.90. The number of aromatic nitrogens is 2. The van der Waals surface area contributed by atoms with E-state index in [9.17, 15) is 0 Å². The number of aliphatic hydroxyl groups excluding tert-OH is 1. The highest BCUT2D eigenvalue weighted by molar-refractivity contribution is 5.35. The standard InChI is InChI=1S/C20H23N3O/c1-16(22-11-10-17-2-4-18(14-24)5-3-17)19-6-8-20(9-7-19)23-13-12-21-15-23/h2-9,12-13,15-16,22,24H,10-11,14H2,1H3. The van der Waals surface area contributed by atoms with Crippen LogP contribution in [0.4, 0.5) is 0 Å². The summed E-state index contributed by atoms with van der Waals surface area (Å²) in [4.78, 5) is 4.07. The van der Waals surface area contributed by atoms with Crippen molar-refractivity contribution < 1.29 is 5.11 Å². The number of benzene rings is 2. The molecule has 4 nitrogen and oxygen atoms in total. The van der Waals surface area contributed by atoms with Crippen molar-refractivity contribution in [3.8, 4) is 5.69 Å². The highest BCUT2D eigenvalue weighted by Crippen LogP contribution is 2.15. The molecule has 0 aliphatic heterocycles. The van der Waals surface area contributed by atoms with Gasteiger partial charge in [-0.3, -0.25) is 0 Å². The summed E-state index contributed by atoms with van der Waals surface area (Å²) in [6.45, 7) is 3.20. The third-order valence-electron chi connectivity index (χ3n) is 4.27. The maximum absolute atomic E-state index is 9.07. The molecule has 0 radical (unpaired) electrons. The second-order valence-corrected chi connectivity index (χ2v) is 5.96. The zero-order chi connectivity index (χ0) is 16.8. The molecule has 0 bridgehead atoms. The first-order valence-corrected chi connectivity index (χ1v) is 8.26. The van der Waals surface area contributed by atoms with Crippen molar-refractivity contribution in [2.24, 2.45) is 0 Å². The van der Waals surface area contributed by atoms with Gasteiger partial charge in [0.05, 0.1) is 12.9 Å². The Morgan fingerprint density at radius 2 is 1.75 bits per heavy atom. The molecule has 3 rings (SSSR count). The van der Waals surface area contributed by atoms with Gasteiger partial charge >= 0.3 is 0 Å². The van der Waals surface area contributed by atoms with Crippen LogP contribution in [-0.2, 0) is 13.0 Å². The van der Waals surface area contributed by atoms with Crippen molar-refractivity contribution >= 4 is 0 Å². The minimum Gasteiger partial charge on any atom is -0.392 e. The molecule has 1 aromatic heterocycles. The molecule has 3 aromatic rings. The molecule has 0 aliphatic carbocycles. The van der Waals surface area contributed by atoms with Crippen LogP contribution in [0.5, 0.6) is 0 Å². The molecule has 2 N–H and O–H groups in total. The number of rotatable bonds is 7. The van der Waals surface area contributed by atoms with Crippen molar-refractivity contribution in [2.45, 2.75) is 26.0 Å². The predicted octanol–water partition coefficient (Wildman–Crippen LogP) is 3.26. The summed E-state index contributed by atoms with van der Waals surface area (Å²) in [7, 11) is 0. The fourth-order valence-electron chi connectivity index (χ4n) is 2.71. The minimum atomic E-state index is 0.102. The molecule has 124 valence electrons. The van der Waals surface area contributed by atoms with Crippen LogP contribution in [0, 0.1) is 0 Å². The summed E-state index contributed by atoms with van der Waals surface area (Å²) in [5.74, 6) is 0. The zero-order valence-electron chi connectivity index (χ0n) is 13.9. The molecule has 1 atom stereocenters. The van der Waals surface area contributed by atoms with Crippen molar-refractivity contribution in [3.05, 3.63) is 83.9 Å². The van der Waals surface area contributed by atoms with Crippen LogP contribution in [0.2, 0.25) is 0 Å². The van der Waals surface area contributed by atoms with Crippen LogP contribution in [0.1, 0.15) is 29.7 Å². The predicted molar refractivity (Wildman–Crippen MR) is 96.1 cm³/mol. The van der Waals surface area contributed by atoms with Gasteiger partial charge in [0.1, 0.15) is 0 Å². The highest BCUT2D eigenvalue weighted by atomic mass is 16.3. The number of hydrogen-bond donors (Lipinski definition) is 2. The van der Waals surface area contributed by atoms with E-state index in [-0.39, 0.29) is 6.61 Å². The zero-order valence-corrected chi connectivity index (χ0v) is 13.9. The first-order valence-electron chi connectivity index (χ1n) is 8.26. The molecule has 0 aliphatic rings. The van der Waals surface area contributed by atoms with Crippen LogP contribution >= 0.6 is 0 Å². The first-order chi connectivity index (χ1) is 11.8. The number of hydrogen-bond acceptors (Lipinski definition) is 3. The molecule has 1 unspecified atom stereocenters. The van der Waals surface area contributed by atoms with E-state index in [4.69, 9.17) is 5.11 Å². The summed E-state index contributed by atoms with van der Waals surface area (Å²) < 4.78 is 2.00. The molecule has 0 saturated heterocycles. The lowest BCUT2D eigenvalue weighted by molar-refractivity contribution is 0.282. The smallest absolute Gasteiger partial charge is 0.0991 e. The third-order valence-corrected chi connectivity index (χ3v) is 4.27. The van der Waals surface area contributed by atoms with Crippen LogP contribution in [0.15, 0.2) is 67.3 Å². The first kappa shape index (κ1) is 16.4. The fraction of sp³-hybridized carbons (Fsp3) is 0.250. The van der Waals surface area contributed by atoms with Crippen LogP contribution in [0.3, 0.4) is 0 Å². The molecule has 4 heteroatoms. The lowest BCUT2D eigenvalue weighted by atomic mass is 10.1.